The first kappa shape index (κ1) is 19.2. The maximum absolute atomic E-state index is 13.1. The fourth-order valence-electron chi connectivity index (χ4n) is 3.17. The van der Waals surface area contributed by atoms with Gasteiger partial charge >= 0.3 is 0 Å². The van der Waals surface area contributed by atoms with E-state index >= 15 is 0 Å². The quantitative estimate of drug-likeness (QED) is 0.510. The molecule has 0 radical (unpaired) electrons. The molecule has 1 aromatic heterocycles. The second kappa shape index (κ2) is 8.46. The number of benzene rings is 3. The van der Waals surface area contributed by atoms with E-state index in [0.29, 0.717) is 23.4 Å². The lowest BCUT2D eigenvalue weighted by atomic mass is 10.1. The van der Waals surface area contributed by atoms with E-state index in [1.165, 1.54) is 0 Å². The second-order valence-corrected chi connectivity index (χ2v) is 7.02. The van der Waals surface area contributed by atoms with Crippen LogP contribution in [0.4, 0.5) is 5.69 Å². The summed E-state index contributed by atoms with van der Waals surface area (Å²) in [6.45, 7) is 2.03. The third-order valence-electron chi connectivity index (χ3n) is 4.80. The van der Waals surface area contributed by atoms with Crippen molar-refractivity contribution in [3.8, 4) is 23.0 Å². The molecule has 5 nitrogen and oxygen atoms in total. The lowest BCUT2D eigenvalue weighted by molar-refractivity contribution is 0.102. The van der Waals surface area contributed by atoms with Gasteiger partial charge in [-0.15, -0.1) is 0 Å². The topological polar surface area (TPSA) is 70.7 Å². The van der Waals surface area contributed by atoms with Crippen LogP contribution in [0.5, 0.6) is 0 Å². The number of carbonyl (C=O) groups excluding carboxylic acids is 1. The summed E-state index contributed by atoms with van der Waals surface area (Å²) in [5.74, 6) is -0.236. The van der Waals surface area contributed by atoms with Crippen molar-refractivity contribution in [1.82, 2.24) is 9.78 Å². The molecule has 146 valence electrons. The van der Waals surface area contributed by atoms with Gasteiger partial charge < -0.3 is 5.32 Å². The highest BCUT2D eigenvalue weighted by Gasteiger charge is 2.19. The Labute approximate surface area is 175 Å². The van der Waals surface area contributed by atoms with Crippen molar-refractivity contribution in [2.75, 3.05) is 5.32 Å². The highest BCUT2D eigenvalue weighted by atomic mass is 16.1. The predicted molar refractivity (Wildman–Crippen MR) is 117 cm³/mol. The predicted octanol–water partition coefficient (Wildman–Crippen LogP) is 5.17. The molecular weight excluding hydrogens is 372 g/mol. The van der Waals surface area contributed by atoms with Crippen LogP contribution in [0.25, 0.3) is 16.9 Å². The molecule has 0 aliphatic heterocycles. The van der Waals surface area contributed by atoms with Crippen LogP contribution in [-0.4, -0.2) is 15.7 Å². The molecule has 5 heteroatoms. The zero-order valence-corrected chi connectivity index (χ0v) is 16.5. The minimum absolute atomic E-state index is 0.236. The van der Waals surface area contributed by atoms with Gasteiger partial charge in [-0.3, -0.25) is 4.79 Å². The molecule has 0 atom stereocenters. The molecule has 1 amide bonds. The van der Waals surface area contributed by atoms with Crippen LogP contribution in [0.1, 0.15) is 21.5 Å². The molecule has 1 heterocycles. The molecule has 0 aliphatic rings. The van der Waals surface area contributed by atoms with Crippen molar-refractivity contribution in [1.29, 1.82) is 5.26 Å². The van der Waals surface area contributed by atoms with Gasteiger partial charge in [0.1, 0.15) is 5.69 Å². The largest absolute Gasteiger partial charge is 0.322 e. The van der Waals surface area contributed by atoms with Crippen LogP contribution in [0.3, 0.4) is 0 Å². The summed E-state index contributed by atoms with van der Waals surface area (Å²) >= 11 is 0. The standard InChI is InChI=1S/C25H20N4O/c1-18-7-13-22(14-8-18)29-17-23(24(28-29)20-5-3-2-4-6-20)25(30)27-21-11-9-19(10-12-21)15-16-26/h2-14,17H,15H2,1H3,(H,27,30). The molecule has 3 aromatic carbocycles. The number of hydrogen-bond donors (Lipinski definition) is 1. The number of carbonyl (C=O) groups is 1. The first-order valence-electron chi connectivity index (χ1n) is 9.63. The summed E-state index contributed by atoms with van der Waals surface area (Å²) in [5, 5.41) is 16.4. The fraction of sp³-hybridized carbons (Fsp3) is 0.0800. The lowest BCUT2D eigenvalue weighted by Crippen LogP contribution is -2.12. The van der Waals surface area contributed by atoms with Crippen molar-refractivity contribution in [3.63, 3.8) is 0 Å². The van der Waals surface area contributed by atoms with E-state index in [1.54, 1.807) is 23.0 Å². The molecule has 0 saturated carbocycles. The van der Waals surface area contributed by atoms with E-state index in [-0.39, 0.29) is 5.91 Å². The first-order valence-corrected chi connectivity index (χ1v) is 9.63. The van der Waals surface area contributed by atoms with Gasteiger partial charge in [-0.25, -0.2) is 4.68 Å². The van der Waals surface area contributed by atoms with E-state index in [0.717, 1.165) is 22.4 Å². The third kappa shape index (κ3) is 4.13. The minimum atomic E-state index is -0.236. The number of anilines is 1. The lowest BCUT2D eigenvalue weighted by Gasteiger charge is -2.06. The Morgan fingerprint density at radius 3 is 2.37 bits per heavy atom. The summed E-state index contributed by atoms with van der Waals surface area (Å²) in [6, 6.07) is 27.1. The van der Waals surface area contributed by atoms with Gasteiger partial charge in [-0.05, 0) is 36.8 Å². The highest BCUT2D eigenvalue weighted by Crippen LogP contribution is 2.25. The molecule has 0 bridgehead atoms. The van der Waals surface area contributed by atoms with Gasteiger partial charge in [0.2, 0.25) is 0 Å². The molecule has 0 spiro atoms. The van der Waals surface area contributed by atoms with Gasteiger partial charge in [-0.2, -0.15) is 10.4 Å². The summed E-state index contributed by atoms with van der Waals surface area (Å²) < 4.78 is 1.73. The second-order valence-electron chi connectivity index (χ2n) is 7.02. The Morgan fingerprint density at radius 2 is 1.70 bits per heavy atom. The van der Waals surface area contributed by atoms with Crippen LogP contribution in [0, 0.1) is 18.3 Å². The Kier molecular flexibility index (Phi) is 5.40. The number of amides is 1. The molecule has 4 aromatic rings. The van der Waals surface area contributed by atoms with Crippen LogP contribution < -0.4 is 5.32 Å². The normalized spacial score (nSPS) is 10.4. The number of nitrogens with one attached hydrogen (secondary N) is 1. The van der Waals surface area contributed by atoms with E-state index < -0.39 is 0 Å². The average Bonchev–Trinajstić information content (AvgIpc) is 3.22. The van der Waals surface area contributed by atoms with E-state index in [4.69, 9.17) is 10.4 Å². The molecule has 0 aliphatic carbocycles. The van der Waals surface area contributed by atoms with E-state index in [1.807, 2.05) is 73.7 Å². The average molecular weight is 392 g/mol. The first-order chi connectivity index (χ1) is 14.6. The molecule has 0 saturated heterocycles. The van der Waals surface area contributed by atoms with Gasteiger partial charge in [0.25, 0.3) is 5.91 Å². The molecule has 0 fully saturated rings. The monoisotopic (exact) mass is 392 g/mol. The summed E-state index contributed by atoms with van der Waals surface area (Å²) in [6.07, 6.45) is 2.10. The minimum Gasteiger partial charge on any atom is -0.322 e. The highest BCUT2D eigenvalue weighted by molar-refractivity contribution is 6.08. The van der Waals surface area contributed by atoms with Gasteiger partial charge in [0.15, 0.2) is 0 Å². The smallest absolute Gasteiger partial charge is 0.259 e. The van der Waals surface area contributed by atoms with Gasteiger partial charge in [-0.1, -0.05) is 60.2 Å². The zero-order chi connectivity index (χ0) is 20.9. The number of nitriles is 1. The zero-order valence-electron chi connectivity index (χ0n) is 16.5. The van der Waals surface area contributed by atoms with Gasteiger partial charge in [0, 0.05) is 17.4 Å². The molecule has 1 N–H and O–H groups in total. The number of rotatable bonds is 5. The van der Waals surface area contributed by atoms with Gasteiger partial charge in [0.05, 0.1) is 23.7 Å². The van der Waals surface area contributed by atoms with E-state index in [9.17, 15) is 4.79 Å². The third-order valence-corrected chi connectivity index (χ3v) is 4.80. The van der Waals surface area contributed by atoms with E-state index in [2.05, 4.69) is 11.4 Å². The van der Waals surface area contributed by atoms with Crippen molar-refractivity contribution in [3.05, 3.63) is 102 Å². The van der Waals surface area contributed by atoms with Crippen LogP contribution >= 0.6 is 0 Å². The number of aryl methyl sites for hydroxylation is 1. The Balaban J connectivity index is 1.69. The summed E-state index contributed by atoms with van der Waals surface area (Å²) in [4.78, 5) is 13.1. The maximum Gasteiger partial charge on any atom is 0.259 e. The Bertz CT molecular complexity index is 1200. The molecule has 0 unspecified atom stereocenters. The molecule has 30 heavy (non-hydrogen) atoms. The number of hydrogen-bond acceptors (Lipinski definition) is 3. The Hall–Kier alpha value is -4.17. The SMILES string of the molecule is Cc1ccc(-n2cc(C(=O)Nc3ccc(CC#N)cc3)c(-c3ccccc3)n2)cc1. The Morgan fingerprint density at radius 1 is 1.00 bits per heavy atom. The van der Waals surface area contributed by atoms with Crippen molar-refractivity contribution < 1.29 is 4.79 Å². The molecule has 4 rings (SSSR count). The van der Waals surface area contributed by atoms with Crippen molar-refractivity contribution in [2.45, 2.75) is 13.3 Å². The van der Waals surface area contributed by atoms with Crippen molar-refractivity contribution in [2.24, 2.45) is 0 Å². The maximum atomic E-state index is 13.1. The van der Waals surface area contributed by atoms with Crippen LogP contribution in [0.2, 0.25) is 0 Å². The fourth-order valence-corrected chi connectivity index (χ4v) is 3.17. The van der Waals surface area contributed by atoms with Crippen LogP contribution in [0.15, 0.2) is 85.1 Å². The number of aromatic nitrogens is 2. The van der Waals surface area contributed by atoms with Crippen molar-refractivity contribution >= 4 is 11.6 Å². The molecular formula is C25H20N4O. The number of nitrogens with zero attached hydrogens (tertiary/aromatic N) is 3. The summed E-state index contributed by atoms with van der Waals surface area (Å²) in [5.41, 5.74) is 5.61. The van der Waals surface area contributed by atoms with Crippen LogP contribution in [-0.2, 0) is 6.42 Å². The summed E-state index contributed by atoms with van der Waals surface area (Å²) in [7, 11) is 0.